The van der Waals surface area contributed by atoms with Gasteiger partial charge in [0.2, 0.25) is 5.88 Å². The molecule has 2 heterocycles. The minimum Gasteiger partial charge on any atom is -0.491 e. The molecule has 0 bridgehead atoms. The van der Waals surface area contributed by atoms with Crippen LogP contribution in [-0.2, 0) is 30.2 Å². The Labute approximate surface area is 327 Å². The highest BCUT2D eigenvalue weighted by molar-refractivity contribution is 5.99. The molecular weight excluding hydrogens is 702 g/mol. The molecule has 12 nitrogen and oxygen atoms in total. The molecule has 1 aliphatic rings. The van der Waals surface area contributed by atoms with Gasteiger partial charge in [0.1, 0.15) is 12.4 Å². The van der Waals surface area contributed by atoms with Crippen molar-refractivity contribution in [3.05, 3.63) is 70.4 Å². The molecule has 12 heteroatoms. The van der Waals surface area contributed by atoms with Crippen LogP contribution in [0, 0.1) is 20.8 Å². The number of nitrogens with one attached hydrogen (secondary N) is 1. The van der Waals surface area contributed by atoms with Gasteiger partial charge in [-0.1, -0.05) is 25.5 Å². The van der Waals surface area contributed by atoms with Crippen LogP contribution in [0.25, 0.3) is 11.1 Å². The zero-order chi connectivity index (χ0) is 39.3. The maximum Gasteiger partial charge on any atom is 0.251 e. The minimum absolute atomic E-state index is 0.0141. The number of aliphatic hydroxyl groups excluding tert-OH is 1. The molecule has 0 radical (unpaired) electrons. The summed E-state index contributed by atoms with van der Waals surface area (Å²) < 4.78 is 39.5. The molecule has 0 saturated carbocycles. The molecule has 2 N–H and O–H groups in total. The Morgan fingerprint density at radius 3 is 2.07 bits per heavy atom. The number of carbonyl (C=O) groups is 1. The Balaban J connectivity index is 1.40. The van der Waals surface area contributed by atoms with Gasteiger partial charge >= 0.3 is 0 Å². The average Bonchev–Trinajstić information content (AvgIpc) is 3.19. The number of aliphatic hydroxyl groups is 1. The first-order chi connectivity index (χ1) is 26.9. The number of anilines is 1. The lowest BCUT2D eigenvalue weighted by molar-refractivity contribution is -0.00779. The van der Waals surface area contributed by atoms with E-state index in [1.807, 2.05) is 57.2 Å². The molecule has 1 amide bonds. The van der Waals surface area contributed by atoms with Crippen molar-refractivity contribution in [1.82, 2.24) is 10.3 Å². The third kappa shape index (κ3) is 14.3. The number of carbonyl (C=O) groups excluding carboxylic acids is 1. The third-order valence-corrected chi connectivity index (χ3v) is 9.54. The molecule has 1 fully saturated rings. The number of hydrogen-bond acceptors (Lipinski definition) is 11. The fourth-order valence-corrected chi connectivity index (χ4v) is 6.55. The molecule has 1 aromatic heterocycles. The van der Waals surface area contributed by atoms with E-state index < -0.39 is 0 Å². The molecule has 0 atom stereocenters. The van der Waals surface area contributed by atoms with Crippen molar-refractivity contribution < 1.29 is 43.1 Å². The van der Waals surface area contributed by atoms with E-state index in [0.717, 1.165) is 90.4 Å². The van der Waals surface area contributed by atoms with Crippen molar-refractivity contribution in [3.8, 4) is 22.8 Å². The summed E-state index contributed by atoms with van der Waals surface area (Å²) >= 11 is 0. The smallest absolute Gasteiger partial charge is 0.251 e. The van der Waals surface area contributed by atoms with Gasteiger partial charge in [-0.25, -0.2) is 4.98 Å². The van der Waals surface area contributed by atoms with Crippen LogP contribution < -0.4 is 19.7 Å². The van der Waals surface area contributed by atoms with Crippen molar-refractivity contribution in [1.29, 1.82) is 0 Å². The van der Waals surface area contributed by atoms with E-state index in [0.29, 0.717) is 90.1 Å². The first-order valence-corrected chi connectivity index (χ1v) is 19.9. The molecule has 2 aromatic carbocycles. The third-order valence-electron chi connectivity index (χ3n) is 9.54. The fourth-order valence-electron chi connectivity index (χ4n) is 6.55. The highest BCUT2D eigenvalue weighted by Gasteiger charge is 2.25. The number of pyridine rings is 1. The predicted molar refractivity (Wildman–Crippen MR) is 215 cm³/mol. The normalized spacial score (nSPS) is 13.2. The second-order valence-electron chi connectivity index (χ2n) is 13.6. The predicted octanol–water partition coefficient (Wildman–Crippen LogP) is 6.23. The standard InChI is InChI=1S/C43H63N3O9/c1-6-8-16-55-43-40(32(3)28-33(4)45-43)31-44-42(48)39-29-36(30-41(34(39)5)46(7-2)37-13-17-49-18-14-37)35-9-11-38(12-10-35)54-27-26-53-25-24-52-23-22-51-21-20-50-19-15-47/h9-12,28-30,37,47H,6-8,13-27,31H2,1-5H3,(H,44,48). The number of amides is 1. The van der Waals surface area contributed by atoms with Gasteiger partial charge in [0.05, 0.1) is 66.1 Å². The van der Waals surface area contributed by atoms with Gasteiger partial charge in [-0.3, -0.25) is 4.79 Å². The lowest BCUT2D eigenvalue weighted by atomic mass is 9.95. The maximum absolute atomic E-state index is 14.1. The van der Waals surface area contributed by atoms with Crippen LogP contribution in [-0.4, -0.2) is 114 Å². The maximum atomic E-state index is 14.1. The number of aryl methyl sites for hydroxylation is 2. The quantitative estimate of drug-likeness (QED) is 0.0904. The second-order valence-corrected chi connectivity index (χ2v) is 13.6. The topological polar surface area (TPSA) is 130 Å². The number of ether oxygens (including phenoxy) is 7. The van der Waals surface area contributed by atoms with Gasteiger partial charge in [-0.2, -0.15) is 0 Å². The molecule has 0 spiro atoms. The Hall–Kier alpha value is -3.78. The minimum atomic E-state index is -0.137. The van der Waals surface area contributed by atoms with Gasteiger partial charge in [-0.05, 0) is 99.5 Å². The summed E-state index contributed by atoms with van der Waals surface area (Å²) in [7, 11) is 0. The van der Waals surface area contributed by atoms with E-state index in [4.69, 9.17) is 38.3 Å². The molecule has 55 heavy (non-hydrogen) atoms. The number of nitrogens with zero attached hydrogens (tertiary/aromatic N) is 2. The van der Waals surface area contributed by atoms with E-state index in [1.165, 1.54) is 0 Å². The Bertz CT molecular complexity index is 1560. The second kappa shape index (κ2) is 24.7. The summed E-state index contributed by atoms with van der Waals surface area (Å²) in [5.74, 6) is 1.19. The largest absolute Gasteiger partial charge is 0.491 e. The summed E-state index contributed by atoms with van der Waals surface area (Å²) in [6.07, 6.45) is 3.86. The van der Waals surface area contributed by atoms with Crippen molar-refractivity contribution in [2.24, 2.45) is 0 Å². The zero-order valence-electron chi connectivity index (χ0n) is 33.7. The fraction of sp³-hybridized carbons (Fsp3) is 0.581. The van der Waals surface area contributed by atoms with E-state index in [9.17, 15) is 4.79 Å². The number of rotatable bonds is 26. The van der Waals surface area contributed by atoms with Crippen molar-refractivity contribution in [2.75, 3.05) is 97.3 Å². The van der Waals surface area contributed by atoms with Crippen LogP contribution in [0.5, 0.6) is 11.6 Å². The summed E-state index contributed by atoms with van der Waals surface area (Å²) in [5.41, 5.74) is 7.44. The van der Waals surface area contributed by atoms with Crippen LogP contribution in [0.1, 0.15) is 72.3 Å². The Kier molecular flexibility index (Phi) is 19.7. The summed E-state index contributed by atoms with van der Waals surface area (Å²) in [6.45, 7) is 17.6. The molecule has 0 aliphatic carbocycles. The average molecular weight is 766 g/mol. The monoisotopic (exact) mass is 765 g/mol. The first kappa shape index (κ1) is 43.9. The molecule has 304 valence electrons. The van der Waals surface area contributed by atoms with E-state index in [2.05, 4.69) is 35.1 Å². The van der Waals surface area contributed by atoms with Crippen molar-refractivity contribution in [3.63, 3.8) is 0 Å². The van der Waals surface area contributed by atoms with Crippen LogP contribution in [0.4, 0.5) is 5.69 Å². The van der Waals surface area contributed by atoms with Gasteiger partial charge < -0.3 is 48.5 Å². The molecule has 1 aliphatic heterocycles. The Morgan fingerprint density at radius 1 is 0.818 bits per heavy atom. The zero-order valence-corrected chi connectivity index (χ0v) is 33.7. The van der Waals surface area contributed by atoms with Crippen LogP contribution in [0.15, 0.2) is 42.5 Å². The van der Waals surface area contributed by atoms with E-state index in [1.54, 1.807) is 0 Å². The summed E-state index contributed by atoms with van der Waals surface area (Å²) in [6, 6.07) is 14.6. The SMILES string of the molecule is CCCCOc1nc(C)cc(C)c1CNC(=O)c1cc(-c2ccc(OCCOCCOCCOCCOCCO)cc2)cc(N(CC)C2CCOCC2)c1C. The Morgan fingerprint density at radius 2 is 1.45 bits per heavy atom. The van der Waals surface area contributed by atoms with Crippen molar-refractivity contribution in [2.45, 2.75) is 72.9 Å². The summed E-state index contributed by atoms with van der Waals surface area (Å²) in [4.78, 5) is 21.2. The highest BCUT2D eigenvalue weighted by Crippen LogP contribution is 2.34. The van der Waals surface area contributed by atoms with Crippen LogP contribution in [0.3, 0.4) is 0 Å². The molecule has 3 aromatic rings. The van der Waals surface area contributed by atoms with Crippen molar-refractivity contribution >= 4 is 11.6 Å². The van der Waals surface area contributed by atoms with Gasteiger partial charge in [0, 0.05) is 54.9 Å². The molecule has 1 saturated heterocycles. The number of unbranched alkanes of at least 4 members (excludes halogenated alkanes) is 1. The first-order valence-electron chi connectivity index (χ1n) is 19.9. The molecule has 0 unspecified atom stereocenters. The number of hydrogen-bond donors (Lipinski definition) is 2. The lowest BCUT2D eigenvalue weighted by Crippen LogP contribution is -2.40. The summed E-state index contributed by atoms with van der Waals surface area (Å²) in [5, 5.41) is 11.9. The van der Waals surface area contributed by atoms with Crippen LogP contribution in [0.2, 0.25) is 0 Å². The number of aromatic nitrogens is 1. The van der Waals surface area contributed by atoms with E-state index >= 15 is 0 Å². The van der Waals surface area contributed by atoms with Gasteiger partial charge in [0.15, 0.2) is 0 Å². The van der Waals surface area contributed by atoms with Gasteiger partial charge in [-0.15, -0.1) is 0 Å². The van der Waals surface area contributed by atoms with E-state index in [-0.39, 0.29) is 12.5 Å². The molecule has 4 rings (SSSR count). The van der Waals surface area contributed by atoms with Gasteiger partial charge in [0.25, 0.3) is 5.91 Å². The number of benzene rings is 2. The highest BCUT2D eigenvalue weighted by atomic mass is 16.6. The molecular formula is C43H63N3O9. The lowest BCUT2D eigenvalue weighted by Gasteiger charge is -2.37. The van der Waals surface area contributed by atoms with Crippen LogP contribution >= 0.6 is 0 Å².